The van der Waals surface area contributed by atoms with Crippen LogP contribution in [0.2, 0.25) is 5.02 Å². The largest absolute Gasteiger partial charge is 0.398 e. The number of nitrogen functional groups attached to an aromatic ring is 1. The van der Waals surface area contributed by atoms with Gasteiger partial charge in [-0.05, 0) is 49.8 Å². The van der Waals surface area contributed by atoms with E-state index in [9.17, 15) is 4.79 Å². The number of halogens is 1. The fourth-order valence-electron chi connectivity index (χ4n) is 3.06. The van der Waals surface area contributed by atoms with Crippen LogP contribution in [0.15, 0.2) is 18.2 Å². The minimum absolute atomic E-state index is 0.116. The van der Waals surface area contributed by atoms with Gasteiger partial charge in [-0.25, -0.2) is 0 Å². The van der Waals surface area contributed by atoms with Gasteiger partial charge in [-0.2, -0.15) is 0 Å². The van der Waals surface area contributed by atoms with Gasteiger partial charge in [-0.15, -0.1) is 0 Å². The quantitative estimate of drug-likeness (QED) is 0.763. The molecule has 3 nitrogen and oxygen atoms in total. The van der Waals surface area contributed by atoms with Crippen molar-refractivity contribution in [2.24, 2.45) is 11.8 Å². The molecule has 1 aliphatic rings. The van der Waals surface area contributed by atoms with Gasteiger partial charge in [0.25, 0.3) is 0 Å². The first-order valence-electron chi connectivity index (χ1n) is 7.96. The molecule has 0 spiro atoms. The molecule has 116 valence electrons. The van der Waals surface area contributed by atoms with Gasteiger partial charge in [0, 0.05) is 11.6 Å². The Bertz CT molecular complexity index is 482. The summed E-state index contributed by atoms with van der Waals surface area (Å²) in [4.78, 5) is 12.3. The highest BCUT2D eigenvalue weighted by Crippen LogP contribution is 2.33. The Balaban J connectivity index is 1.83. The lowest BCUT2D eigenvalue weighted by molar-refractivity contribution is -0.121. The van der Waals surface area contributed by atoms with Gasteiger partial charge in [0.15, 0.2) is 0 Å². The minimum Gasteiger partial charge on any atom is -0.398 e. The monoisotopic (exact) mass is 308 g/mol. The predicted molar refractivity (Wildman–Crippen MR) is 89.5 cm³/mol. The molecule has 0 atom stereocenters. The zero-order valence-corrected chi connectivity index (χ0v) is 13.5. The van der Waals surface area contributed by atoms with E-state index in [-0.39, 0.29) is 11.8 Å². The van der Waals surface area contributed by atoms with Crippen LogP contribution < -0.4 is 11.1 Å². The number of carbonyl (C=O) groups is 1. The SMILES string of the molecule is CCCCC1CCC(C(=O)Nc2ccc(N)c(Cl)c2)CC1. The summed E-state index contributed by atoms with van der Waals surface area (Å²) >= 11 is 5.97. The van der Waals surface area contributed by atoms with Crippen molar-refractivity contribution in [3.63, 3.8) is 0 Å². The topological polar surface area (TPSA) is 55.1 Å². The van der Waals surface area contributed by atoms with E-state index in [0.717, 1.165) is 24.4 Å². The molecule has 0 aliphatic heterocycles. The first-order valence-corrected chi connectivity index (χ1v) is 8.33. The molecule has 0 heterocycles. The molecule has 4 heteroatoms. The maximum Gasteiger partial charge on any atom is 0.227 e. The number of nitrogens with one attached hydrogen (secondary N) is 1. The second-order valence-corrected chi connectivity index (χ2v) is 6.49. The molecule has 1 amide bonds. The normalized spacial score (nSPS) is 22.0. The van der Waals surface area contributed by atoms with Gasteiger partial charge in [-0.1, -0.05) is 37.8 Å². The third-order valence-electron chi connectivity index (χ3n) is 4.45. The Kier molecular flexibility index (Phi) is 5.92. The van der Waals surface area contributed by atoms with Crippen molar-refractivity contribution in [3.05, 3.63) is 23.2 Å². The number of anilines is 2. The number of carbonyl (C=O) groups excluding carboxylic acids is 1. The number of benzene rings is 1. The van der Waals surface area contributed by atoms with Crippen LogP contribution in [-0.4, -0.2) is 5.91 Å². The first kappa shape index (κ1) is 16.2. The van der Waals surface area contributed by atoms with Crippen molar-refractivity contribution in [1.82, 2.24) is 0 Å². The standard InChI is InChI=1S/C17H25ClN2O/c1-2-3-4-12-5-7-13(8-6-12)17(21)20-14-9-10-16(19)15(18)11-14/h9-13H,2-8,19H2,1H3,(H,20,21). The Morgan fingerprint density at radius 1 is 1.33 bits per heavy atom. The van der Waals surface area contributed by atoms with Crippen LogP contribution >= 0.6 is 11.6 Å². The summed E-state index contributed by atoms with van der Waals surface area (Å²) in [7, 11) is 0. The van der Waals surface area contributed by atoms with Crippen molar-refractivity contribution in [2.45, 2.75) is 51.9 Å². The van der Waals surface area contributed by atoms with Crippen LogP contribution in [0.1, 0.15) is 51.9 Å². The molecule has 0 aromatic heterocycles. The van der Waals surface area contributed by atoms with E-state index < -0.39 is 0 Å². The molecule has 1 fully saturated rings. The summed E-state index contributed by atoms with van der Waals surface area (Å²) < 4.78 is 0. The zero-order valence-electron chi connectivity index (χ0n) is 12.7. The van der Waals surface area contributed by atoms with E-state index in [0.29, 0.717) is 10.7 Å². The molecular weight excluding hydrogens is 284 g/mol. The summed E-state index contributed by atoms with van der Waals surface area (Å²) in [5, 5.41) is 3.44. The summed E-state index contributed by atoms with van der Waals surface area (Å²) in [6.07, 6.45) is 8.26. The molecule has 0 saturated heterocycles. The maximum atomic E-state index is 12.3. The Morgan fingerprint density at radius 3 is 2.67 bits per heavy atom. The van der Waals surface area contributed by atoms with E-state index in [2.05, 4.69) is 12.2 Å². The van der Waals surface area contributed by atoms with Crippen LogP contribution in [0.3, 0.4) is 0 Å². The molecular formula is C17H25ClN2O. The maximum absolute atomic E-state index is 12.3. The molecule has 1 saturated carbocycles. The van der Waals surface area contributed by atoms with Gasteiger partial charge in [0.2, 0.25) is 5.91 Å². The summed E-state index contributed by atoms with van der Waals surface area (Å²) in [5.74, 6) is 1.07. The van der Waals surface area contributed by atoms with E-state index in [1.54, 1.807) is 18.2 Å². The average molecular weight is 309 g/mol. The van der Waals surface area contributed by atoms with Crippen LogP contribution in [-0.2, 0) is 4.79 Å². The Hall–Kier alpha value is -1.22. The van der Waals surface area contributed by atoms with Crippen molar-refractivity contribution in [1.29, 1.82) is 0 Å². The summed E-state index contributed by atoms with van der Waals surface area (Å²) in [6, 6.07) is 5.23. The molecule has 2 rings (SSSR count). The summed E-state index contributed by atoms with van der Waals surface area (Å²) in [5.41, 5.74) is 6.94. The van der Waals surface area contributed by atoms with E-state index in [1.165, 1.54) is 32.1 Å². The van der Waals surface area contributed by atoms with Gasteiger partial charge in [-0.3, -0.25) is 4.79 Å². The number of rotatable bonds is 5. The number of nitrogens with two attached hydrogens (primary N) is 1. The predicted octanol–water partition coefficient (Wildman–Crippen LogP) is 4.86. The number of amides is 1. The van der Waals surface area contributed by atoms with Gasteiger partial charge in [0.05, 0.1) is 10.7 Å². The van der Waals surface area contributed by atoms with Crippen LogP contribution in [0.4, 0.5) is 11.4 Å². The highest BCUT2D eigenvalue weighted by molar-refractivity contribution is 6.33. The lowest BCUT2D eigenvalue weighted by Crippen LogP contribution is -2.27. The molecule has 0 bridgehead atoms. The van der Waals surface area contributed by atoms with E-state index in [4.69, 9.17) is 17.3 Å². The minimum atomic E-state index is 0.116. The molecule has 21 heavy (non-hydrogen) atoms. The number of hydrogen-bond donors (Lipinski definition) is 2. The van der Waals surface area contributed by atoms with Gasteiger partial charge < -0.3 is 11.1 Å². The Morgan fingerprint density at radius 2 is 2.05 bits per heavy atom. The van der Waals surface area contributed by atoms with Crippen molar-refractivity contribution < 1.29 is 4.79 Å². The Labute approximate surface area is 132 Å². The second-order valence-electron chi connectivity index (χ2n) is 6.09. The second kappa shape index (κ2) is 7.69. The zero-order chi connectivity index (χ0) is 15.2. The summed E-state index contributed by atoms with van der Waals surface area (Å²) in [6.45, 7) is 2.23. The van der Waals surface area contributed by atoms with Crippen molar-refractivity contribution in [2.75, 3.05) is 11.1 Å². The van der Waals surface area contributed by atoms with E-state index in [1.807, 2.05) is 0 Å². The highest BCUT2D eigenvalue weighted by atomic mass is 35.5. The highest BCUT2D eigenvalue weighted by Gasteiger charge is 2.26. The number of hydrogen-bond acceptors (Lipinski definition) is 2. The molecule has 1 aliphatic carbocycles. The average Bonchev–Trinajstić information content (AvgIpc) is 2.49. The van der Waals surface area contributed by atoms with E-state index >= 15 is 0 Å². The third-order valence-corrected chi connectivity index (χ3v) is 4.78. The van der Waals surface area contributed by atoms with Crippen LogP contribution in [0, 0.1) is 11.8 Å². The van der Waals surface area contributed by atoms with Gasteiger partial charge in [0.1, 0.15) is 0 Å². The smallest absolute Gasteiger partial charge is 0.227 e. The van der Waals surface area contributed by atoms with Crippen molar-refractivity contribution >= 4 is 28.9 Å². The lowest BCUT2D eigenvalue weighted by atomic mass is 9.79. The number of unbranched alkanes of at least 4 members (excludes halogenated alkanes) is 1. The van der Waals surface area contributed by atoms with Crippen LogP contribution in [0.5, 0.6) is 0 Å². The fourth-order valence-corrected chi connectivity index (χ4v) is 3.24. The molecule has 0 radical (unpaired) electrons. The van der Waals surface area contributed by atoms with Gasteiger partial charge >= 0.3 is 0 Å². The van der Waals surface area contributed by atoms with Crippen molar-refractivity contribution in [3.8, 4) is 0 Å². The molecule has 3 N–H and O–H groups in total. The van der Waals surface area contributed by atoms with Crippen LogP contribution in [0.25, 0.3) is 0 Å². The lowest BCUT2D eigenvalue weighted by Gasteiger charge is -2.27. The fraction of sp³-hybridized carbons (Fsp3) is 0.588. The molecule has 0 unspecified atom stereocenters. The first-order chi connectivity index (χ1) is 10.1. The molecule has 1 aromatic carbocycles. The molecule has 1 aromatic rings. The third kappa shape index (κ3) is 4.63.